The summed E-state index contributed by atoms with van der Waals surface area (Å²) in [6.45, 7) is 5.69. The van der Waals surface area contributed by atoms with E-state index in [0.717, 1.165) is 15.5 Å². The second kappa shape index (κ2) is 5.69. The minimum absolute atomic E-state index is 0.290. The molecule has 0 aliphatic heterocycles. The number of furan rings is 1. The summed E-state index contributed by atoms with van der Waals surface area (Å²) in [4.78, 5) is 1.88. The molecule has 0 amide bonds. The molecule has 7 heteroatoms. The zero-order chi connectivity index (χ0) is 14.9. The minimum atomic E-state index is -3.57. The highest BCUT2D eigenvalue weighted by Gasteiger charge is 2.23. The Morgan fingerprint density at radius 1 is 1.40 bits per heavy atom. The molecule has 0 aromatic carbocycles. The van der Waals surface area contributed by atoms with Crippen molar-refractivity contribution < 1.29 is 12.8 Å². The van der Waals surface area contributed by atoms with Gasteiger partial charge in [-0.3, -0.25) is 0 Å². The zero-order valence-corrected chi connectivity index (χ0v) is 13.3. The highest BCUT2D eigenvalue weighted by Crippen LogP contribution is 2.27. The predicted octanol–water partition coefficient (Wildman–Crippen LogP) is 2.46. The van der Waals surface area contributed by atoms with Gasteiger partial charge in [0.1, 0.15) is 11.5 Å². The molecule has 0 fully saturated rings. The van der Waals surface area contributed by atoms with E-state index in [9.17, 15) is 8.42 Å². The zero-order valence-electron chi connectivity index (χ0n) is 11.6. The van der Waals surface area contributed by atoms with Crippen LogP contribution in [0.2, 0.25) is 0 Å². The lowest BCUT2D eigenvalue weighted by molar-refractivity contribution is 0.441. The maximum Gasteiger partial charge on any atom is 0.242 e. The number of rotatable bonds is 5. The fraction of sp³-hybridized carbons (Fsp3) is 0.385. The van der Waals surface area contributed by atoms with Gasteiger partial charge in [0.2, 0.25) is 10.0 Å². The molecule has 0 aliphatic rings. The Morgan fingerprint density at radius 3 is 2.60 bits per heavy atom. The molecule has 0 saturated carbocycles. The third kappa shape index (κ3) is 3.12. The third-order valence-corrected chi connectivity index (χ3v) is 5.80. The van der Waals surface area contributed by atoms with Gasteiger partial charge in [0, 0.05) is 16.3 Å². The van der Waals surface area contributed by atoms with Gasteiger partial charge in [-0.15, -0.1) is 11.3 Å². The van der Waals surface area contributed by atoms with Gasteiger partial charge in [-0.05, 0) is 39.0 Å². The summed E-state index contributed by atoms with van der Waals surface area (Å²) in [5.41, 5.74) is 5.55. The van der Waals surface area contributed by atoms with Crippen molar-refractivity contribution in [1.29, 1.82) is 0 Å². The molecule has 0 aliphatic carbocycles. The minimum Gasteiger partial charge on any atom is -0.465 e. The summed E-state index contributed by atoms with van der Waals surface area (Å²) in [5.74, 6) is 1.35. The molecule has 110 valence electrons. The van der Waals surface area contributed by atoms with Crippen LogP contribution in [-0.4, -0.2) is 8.42 Å². The molecular weight excluding hydrogens is 296 g/mol. The normalized spacial score (nSPS) is 13.6. The Hall–Kier alpha value is -1.15. The van der Waals surface area contributed by atoms with Crippen LogP contribution in [0.4, 0.5) is 0 Å². The maximum absolute atomic E-state index is 12.4. The van der Waals surface area contributed by atoms with E-state index in [1.165, 1.54) is 11.3 Å². The summed E-state index contributed by atoms with van der Waals surface area (Å²) in [6, 6.07) is 4.79. The quantitative estimate of drug-likeness (QED) is 0.887. The van der Waals surface area contributed by atoms with E-state index in [1.54, 1.807) is 26.0 Å². The smallest absolute Gasteiger partial charge is 0.242 e. The van der Waals surface area contributed by atoms with Crippen LogP contribution in [0.3, 0.4) is 0 Å². The van der Waals surface area contributed by atoms with Crippen LogP contribution in [0.5, 0.6) is 0 Å². The first kappa shape index (κ1) is 15.2. The average Bonchev–Trinajstić information content (AvgIpc) is 2.95. The van der Waals surface area contributed by atoms with Crippen LogP contribution < -0.4 is 10.5 Å². The van der Waals surface area contributed by atoms with Crippen molar-refractivity contribution in [3.05, 3.63) is 39.5 Å². The molecule has 1 atom stereocenters. The van der Waals surface area contributed by atoms with Crippen molar-refractivity contribution >= 4 is 21.4 Å². The summed E-state index contributed by atoms with van der Waals surface area (Å²) in [5, 5.41) is 0. The topological polar surface area (TPSA) is 85.3 Å². The fourth-order valence-electron chi connectivity index (χ4n) is 1.93. The third-order valence-electron chi connectivity index (χ3n) is 2.93. The number of thiophene rings is 1. The molecular formula is C13H18N2O3S2. The molecule has 0 spiro atoms. The van der Waals surface area contributed by atoms with Gasteiger partial charge in [0.05, 0.1) is 10.9 Å². The van der Waals surface area contributed by atoms with Crippen molar-refractivity contribution in [2.75, 3.05) is 0 Å². The molecule has 2 rings (SSSR count). The molecule has 3 N–H and O–H groups in total. The van der Waals surface area contributed by atoms with Crippen LogP contribution in [0.25, 0.3) is 0 Å². The van der Waals surface area contributed by atoms with E-state index in [0.29, 0.717) is 12.3 Å². The van der Waals surface area contributed by atoms with Crippen molar-refractivity contribution in [3.8, 4) is 0 Å². The highest BCUT2D eigenvalue weighted by atomic mass is 32.2. The molecule has 20 heavy (non-hydrogen) atoms. The number of nitrogens with one attached hydrogen (secondary N) is 1. The first-order valence-electron chi connectivity index (χ1n) is 6.21. The van der Waals surface area contributed by atoms with Gasteiger partial charge in [0.25, 0.3) is 0 Å². The lowest BCUT2D eigenvalue weighted by Gasteiger charge is -2.11. The number of hydrogen-bond donors (Lipinski definition) is 2. The van der Waals surface area contributed by atoms with Gasteiger partial charge >= 0.3 is 0 Å². The number of nitrogens with two attached hydrogens (primary N) is 1. The van der Waals surface area contributed by atoms with Crippen LogP contribution in [0.1, 0.15) is 34.2 Å². The standard InChI is InChI=1S/C13H18N2O3S2/c1-8-4-5-12(18-8)9(2)15-20(16,17)13-6-11(7-14)19-10(13)3/h4-6,9,15H,7,14H2,1-3H3. The van der Waals surface area contributed by atoms with Crippen molar-refractivity contribution in [2.45, 2.75) is 38.3 Å². The second-order valence-corrected chi connectivity index (χ2v) is 7.65. The van der Waals surface area contributed by atoms with Crippen LogP contribution >= 0.6 is 11.3 Å². The Balaban J connectivity index is 2.24. The molecule has 2 aromatic heterocycles. The van der Waals surface area contributed by atoms with E-state index < -0.39 is 16.1 Å². The summed E-state index contributed by atoms with van der Waals surface area (Å²) in [7, 11) is -3.57. The van der Waals surface area contributed by atoms with Gasteiger partial charge in [0.15, 0.2) is 0 Å². The van der Waals surface area contributed by atoms with E-state index in [4.69, 9.17) is 10.2 Å². The van der Waals surface area contributed by atoms with Gasteiger partial charge in [-0.25, -0.2) is 13.1 Å². The molecule has 0 saturated heterocycles. The number of sulfonamides is 1. The van der Waals surface area contributed by atoms with E-state index in [2.05, 4.69) is 4.72 Å². The van der Waals surface area contributed by atoms with Crippen molar-refractivity contribution in [3.63, 3.8) is 0 Å². The number of aryl methyl sites for hydroxylation is 2. The molecule has 2 heterocycles. The molecule has 5 nitrogen and oxygen atoms in total. The van der Waals surface area contributed by atoms with E-state index in [-0.39, 0.29) is 4.90 Å². The Morgan fingerprint density at radius 2 is 2.10 bits per heavy atom. The Kier molecular flexibility index (Phi) is 4.33. The molecule has 0 bridgehead atoms. The largest absolute Gasteiger partial charge is 0.465 e. The summed E-state index contributed by atoms with van der Waals surface area (Å²) >= 11 is 1.40. The van der Waals surface area contributed by atoms with Crippen LogP contribution in [0.15, 0.2) is 27.5 Å². The van der Waals surface area contributed by atoms with E-state index in [1.807, 2.05) is 13.0 Å². The van der Waals surface area contributed by atoms with Crippen LogP contribution in [0, 0.1) is 13.8 Å². The molecule has 2 aromatic rings. The highest BCUT2D eigenvalue weighted by molar-refractivity contribution is 7.89. The van der Waals surface area contributed by atoms with Crippen molar-refractivity contribution in [2.24, 2.45) is 5.73 Å². The fourth-order valence-corrected chi connectivity index (χ4v) is 4.66. The lowest BCUT2D eigenvalue weighted by atomic mass is 10.3. The van der Waals surface area contributed by atoms with Gasteiger partial charge < -0.3 is 10.2 Å². The average molecular weight is 314 g/mol. The first-order valence-corrected chi connectivity index (χ1v) is 8.51. The Bertz CT molecular complexity index is 701. The van der Waals surface area contributed by atoms with E-state index >= 15 is 0 Å². The Labute approximate surface area is 122 Å². The second-order valence-electron chi connectivity index (χ2n) is 4.63. The van der Waals surface area contributed by atoms with Gasteiger partial charge in [-0.1, -0.05) is 0 Å². The lowest BCUT2D eigenvalue weighted by Crippen LogP contribution is -2.26. The maximum atomic E-state index is 12.4. The first-order chi connectivity index (χ1) is 9.33. The summed E-state index contributed by atoms with van der Waals surface area (Å²) in [6.07, 6.45) is 0. The van der Waals surface area contributed by atoms with Gasteiger partial charge in [-0.2, -0.15) is 0 Å². The summed E-state index contributed by atoms with van der Waals surface area (Å²) < 4.78 is 32.8. The number of hydrogen-bond acceptors (Lipinski definition) is 5. The SMILES string of the molecule is Cc1ccc(C(C)NS(=O)(=O)c2cc(CN)sc2C)o1. The monoisotopic (exact) mass is 314 g/mol. The van der Waals surface area contributed by atoms with Crippen LogP contribution in [-0.2, 0) is 16.6 Å². The molecule has 1 unspecified atom stereocenters. The van der Waals surface area contributed by atoms with Crippen molar-refractivity contribution in [1.82, 2.24) is 4.72 Å². The molecule has 0 radical (unpaired) electrons. The predicted molar refractivity (Wildman–Crippen MR) is 79.1 cm³/mol.